The Balaban J connectivity index is 1.09. The standard InChI is InChI=1S/C27H32F2N2O3/c1-17-11-20(17)12-25(32)18(2)19-3-5-22(6-4-19)34-24-9-10-31(15-24)26-8-7-23(14-30-26)33-16-21-13-27(21,28)29/h3-8,14,17-18,20-21,24H,9-13,15-16H2,1-2H3/t17?,18?,20?,21?,24-/m1/s1. The van der Waals surface area contributed by atoms with Gasteiger partial charge < -0.3 is 14.4 Å². The van der Waals surface area contributed by atoms with Crippen LogP contribution in [0.25, 0.3) is 0 Å². The molecule has 3 fully saturated rings. The van der Waals surface area contributed by atoms with Crippen molar-refractivity contribution in [2.75, 3.05) is 24.6 Å². The summed E-state index contributed by atoms with van der Waals surface area (Å²) in [6.45, 7) is 5.77. The highest BCUT2D eigenvalue weighted by molar-refractivity contribution is 5.85. The van der Waals surface area contributed by atoms with Crippen LogP contribution < -0.4 is 14.4 Å². The zero-order valence-corrected chi connectivity index (χ0v) is 19.8. The molecule has 5 rings (SSSR count). The van der Waals surface area contributed by atoms with E-state index >= 15 is 0 Å². The molecule has 0 amide bonds. The molecule has 7 heteroatoms. The number of ketones is 1. The van der Waals surface area contributed by atoms with Gasteiger partial charge in [-0.2, -0.15) is 0 Å². The monoisotopic (exact) mass is 470 g/mol. The summed E-state index contributed by atoms with van der Waals surface area (Å²) < 4.78 is 37.6. The van der Waals surface area contributed by atoms with E-state index in [9.17, 15) is 13.6 Å². The fourth-order valence-corrected chi connectivity index (χ4v) is 4.66. The largest absolute Gasteiger partial charge is 0.491 e. The van der Waals surface area contributed by atoms with E-state index in [-0.39, 0.29) is 25.0 Å². The lowest BCUT2D eigenvalue weighted by Crippen LogP contribution is -2.25. The molecule has 1 aromatic heterocycles. The summed E-state index contributed by atoms with van der Waals surface area (Å²) in [6.07, 6.45) is 4.31. The van der Waals surface area contributed by atoms with E-state index in [1.807, 2.05) is 37.3 Å². The third kappa shape index (κ3) is 5.34. The number of alkyl halides is 2. The number of pyridine rings is 1. The average molecular weight is 471 g/mol. The maximum Gasteiger partial charge on any atom is 0.255 e. The van der Waals surface area contributed by atoms with Crippen molar-refractivity contribution >= 4 is 11.6 Å². The molecule has 1 saturated heterocycles. The first-order valence-corrected chi connectivity index (χ1v) is 12.3. The zero-order valence-electron chi connectivity index (χ0n) is 19.8. The molecule has 0 bridgehead atoms. The second kappa shape index (κ2) is 9.16. The number of ether oxygens (including phenoxy) is 2. The van der Waals surface area contributed by atoms with Crippen LogP contribution in [-0.2, 0) is 4.79 Å². The normalized spacial score (nSPS) is 27.8. The molecule has 0 spiro atoms. The minimum atomic E-state index is -2.57. The molecule has 3 aliphatic rings. The predicted molar refractivity (Wildman–Crippen MR) is 126 cm³/mol. The van der Waals surface area contributed by atoms with Crippen molar-refractivity contribution in [2.45, 2.75) is 57.5 Å². The van der Waals surface area contributed by atoms with Gasteiger partial charge in [-0.15, -0.1) is 0 Å². The van der Waals surface area contributed by atoms with Gasteiger partial charge >= 0.3 is 0 Å². The molecule has 2 saturated carbocycles. The molecule has 4 unspecified atom stereocenters. The van der Waals surface area contributed by atoms with Gasteiger partial charge in [0.1, 0.15) is 29.2 Å². The summed E-state index contributed by atoms with van der Waals surface area (Å²) in [5.41, 5.74) is 1.04. The second-order valence-electron chi connectivity index (χ2n) is 10.2. The number of halogens is 2. The average Bonchev–Trinajstić information content (AvgIpc) is 3.60. The Hall–Kier alpha value is -2.70. The van der Waals surface area contributed by atoms with Crippen molar-refractivity contribution in [1.82, 2.24) is 4.98 Å². The number of carbonyl (C=O) groups is 1. The Morgan fingerprint density at radius 1 is 1.21 bits per heavy atom. The molecule has 0 N–H and O–H groups in total. The van der Waals surface area contributed by atoms with Crippen LogP contribution in [0.2, 0.25) is 0 Å². The van der Waals surface area contributed by atoms with Crippen LogP contribution in [0, 0.1) is 17.8 Å². The van der Waals surface area contributed by atoms with Gasteiger partial charge in [-0.05, 0) is 48.1 Å². The van der Waals surface area contributed by atoms with Crippen molar-refractivity contribution in [3.05, 3.63) is 48.2 Å². The maximum atomic E-state index is 13.0. The number of nitrogens with zero attached hydrogens (tertiary/aromatic N) is 2. The Kier molecular flexibility index (Phi) is 6.21. The molecule has 1 aromatic carbocycles. The molecule has 1 aliphatic heterocycles. The fraction of sp³-hybridized carbons (Fsp3) is 0.556. The highest BCUT2D eigenvalue weighted by atomic mass is 19.3. The van der Waals surface area contributed by atoms with Crippen molar-refractivity contribution in [3.8, 4) is 11.5 Å². The third-order valence-corrected chi connectivity index (χ3v) is 7.50. The molecule has 34 heavy (non-hydrogen) atoms. The van der Waals surface area contributed by atoms with E-state index in [1.165, 1.54) is 6.42 Å². The molecule has 5 atom stereocenters. The van der Waals surface area contributed by atoms with Crippen molar-refractivity contribution < 1.29 is 23.0 Å². The maximum absolute atomic E-state index is 13.0. The van der Waals surface area contributed by atoms with Crippen LogP contribution in [-0.4, -0.2) is 42.5 Å². The van der Waals surface area contributed by atoms with Crippen molar-refractivity contribution in [1.29, 1.82) is 0 Å². The van der Waals surface area contributed by atoms with Gasteiger partial charge in [-0.3, -0.25) is 4.79 Å². The van der Waals surface area contributed by atoms with Gasteiger partial charge in [0.15, 0.2) is 0 Å². The molecule has 2 heterocycles. The van der Waals surface area contributed by atoms with E-state index in [4.69, 9.17) is 9.47 Å². The number of anilines is 1. The highest BCUT2D eigenvalue weighted by Crippen LogP contribution is 2.48. The van der Waals surface area contributed by atoms with Crippen LogP contribution in [0.1, 0.15) is 51.0 Å². The van der Waals surface area contributed by atoms with Gasteiger partial charge in [-0.25, -0.2) is 13.8 Å². The van der Waals surface area contributed by atoms with Crippen molar-refractivity contribution in [2.24, 2.45) is 17.8 Å². The SMILES string of the molecule is CC(C(=O)CC1CC1C)c1ccc(O[C@@H]2CCN(c3ccc(OCC4CC4(F)F)cn3)C2)cc1. The lowest BCUT2D eigenvalue weighted by molar-refractivity contribution is -0.120. The quantitative estimate of drug-likeness (QED) is 0.460. The van der Waals surface area contributed by atoms with E-state index in [1.54, 1.807) is 12.3 Å². The first-order valence-electron chi connectivity index (χ1n) is 12.3. The van der Waals surface area contributed by atoms with Gasteiger partial charge in [0.05, 0.1) is 25.3 Å². The zero-order chi connectivity index (χ0) is 23.9. The first-order chi connectivity index (χ1) is 16.3. The Morgan fingerprint density at radius 3 is 2.53 bits per heavy atom. The van der Waals surface area contributed by atoms with Crippen LogP contribution in [0.5, 0.6) is 11.5 Å². The number of hydrogen-bond acceptors (Lipinski definition) is 5. The minimum absolute atomic E-state index is 0.0269. The smallest absolute Gasteiger partial charge is 0.255 e. The first kappa shape index (κ1) is 23.1. The van der Waals surface area contributed by atoms with Crippen LogP contribution in [0.15, 0.2) is 42.6 Å². The number of benzene rings is 1. The molecule has 2 aromatic rings. The summed E-state index contributed by atoms with van der Waals surface area (Å²) in [6, 6.07) is 11.5. The molecule has 182 valence electrons. The van der Waals surface area contributed by atoms with Crippen molar-refractivity contribution in [3.63, 3.8) is 0 Å². The number of rotatable bonds is 10. The number of carbonyl (C=O) groups excluding carboxylic acids is 1. The number of hydrogen-bond donors (Lipinski definition) is 0. The summed E-state index contributed by atoms with van der Waals surface area (Å²) in [5.74, 6) is 0.419. The number of Topliss-reactive ketones (excluding diaryl/α,β-unsaturated/α-hetero) is 1. The van der Waals surface area contributed by atoms with Crippen LogP contribution in [0.4, 0.5) is 14.6 Å². The summed E-state index contributed by atoms with van der Waals surface area (Å²) >= 11 is 0. The molecular weight excluding hydrogens is 438 g/mol. The highest BCUT2D eigenvalue weighted by Gasteiger charge is 2.57. The lowest BCUT2D eigenvalue weighted by Gasteiger charge is -2.19. The van der Waals surface area contributed by atoms with Gasteiger partial charge in [0, 0.05) is 31.7 Å². The Morgan fingerprint density at radius 2 is 1.91 bits per heavy atom. The summed E-state index contributed by atoms with van der Waals surface area (Å²) in [4.78, 5) is 19.1. The van der Waals surface area contributed by atoms with E-state index in [0.29, 0.717) is 29.8 Å². The van der Waals surface area contributed by atoms with Crippen LogP contribution in [0.3, 0.4) is 0 Å². The van der Waals surface area contributed by atoms with Gasteiger partial charge in [0.25, 0.3) is 5.92 Å². The van der Waals surface area contributed by atoms with E-state index in [2.05, 4.69) is 16.8 Å². The molecule has 0 radical (unpaired) electrons. The molecule has 2 aliphatic carbocycles. The number of aromatic nitrogens is 1. The fourth-order valence-electron chi connectivity index (χ4n) is 4.66. The summed E-state index contributed by atoms with van der Waals surface area (Å²) in [5, 5.41) is 0. The Labute approximate surface area is 199 Å². The third-order valence-electron chi connectivity index (χ3n) is 7.50. The Bertz CT molecular complexity index is 1010. The minimum Gasteiger partial charge on any atom is -0.491 e. The predicted octanol–water partition coefficient (Wildman–Crippen LogP) is 5.49. The lowest BCUT2D eigenvalue weighted by atomic mass is 9.93. The second-order valence-corrected chi connectivity index (χ2v) is 10.2. The van der Waals surface area contributed by atoms with Crippen LogP contribution >= 0.6 is 0 Å². The van der Waals surface area contributed by atoms with E-state index in [0.717, 1.165) is 36.6 Å². The summed E-state index contributed by atoms with van der Waals surface area (Å²) in [7, 11) is 0. The topological polar surface area (TPSA) is 51.7 Å². The van der Waals surface area contributed by atoms with Gasteiger partial charge in [0.2, 0.25) is 0 Å². The van der Waals surface area contributed by atoms with Gasteiger partial charge in [-0.1, -0.05) is 26.0 Å². The molecular formula is C27H32F2N2O3. The molecule has 5 nitrogen and oxygen atoms in total. The van der Waals surface area contributed by atoms with E-state index < -0.39 is 11.8 Å².